The average molecular weight is 609 g/mol. The molecule has 0 bridgehead atoms. The Morgan fingerprint density at radius 1 is 0.881 bits per heavy atom. The molecule has 0 saturated heterocycles. The molecule has 42 heavy (non-hydrogen) atoms. The molecule has 0 radical (unpaired) electrons. The highest BCUT2D eigenvalue weighted by Gasteiger charge is 2.20. The molecule has 0 amide bonds. The third kappa shape index (κ3) is 5.23. The van der Waals surface area contributed by atoms with Crippen molar-refractivity contribution in [1.29, 1.82) is 0 Å². The molecule has 0 fully saturated rings. The first-order valence-electron chi connectivity index (χ1n) is 11.7. The highest BCUT2D eigenvalue weighted by atomic mass is 32.1. The zero-order chi connectivity index (χ0) is 30.0. The number of aliphatic hydroxyl groups excluding tert-OH is 1. The van der Waals surface area contributed by atoms with Gasteiger partial charge in [0.25, 0.3) is 0 Å². The number of aromatic nitrogens is 8. The van der Waals surface area contributed by atoms with Crippen molar-refractivity contribution >= 4 is 67.8 Å². The second-order valence-electron chi connectivity index (χ2n) is 8.26. The van der Waals surface area contributed by atoms with E-state index in [0.29, 0.717) is 11.4 Å². The summed E-state index contributed by atoms with van der Waals surface area (Å²) in [5.74, 6) is -0.317. The van der Waals surface area contributed by atoms with Gasteiger partial charge in [-0.25, -0.2) is 14.8 Å². The lowest BCUT2D eigenvalue weighted by molar-refractivity contribution is 0.0601. The Labute approximate surface area is 243 Å². The van der Waals surface area contributed by atoms with E-state index < -0.39 is 18.4 Å². The number of ether oxygens (including phenoxy) is 1. The Bertz CT molecular complexity index is 1740. The van der Waals surface area contributed by atoms with Gasteiger partial charge in [-0.3, -0.25) is 4.79 Å². The summed E-state index contributed by atoms with van der Waals surface area (Å²) in [5, 5.41) is 35.0. The molecule has 5 aromatic heterocycles. The fourth-order valence-corrected chi connectivity index (χ4v) is 4.74. The zero-order valence-corrected chi connectivity index (χ0v) is 23.7. The fraction of sp³-hybridized carbons (Fsp3) is 0.182. The molecule has 0 atom stereocenters. The number of ketones is 1. The van der Waals surface area contributed by atoms with Crippen molar-refractivity contribution in [2.75, 3.05) is 25.2 Å². The van der Waals surface area contributed by atoms with Gasteiger partial charge in [0.1, 0.15) is 18.5 Å². The van der Waals surface area contributed by atoms with E-state index in [1.165, 1.54) is 35.2 Å². The highest BCUT2D eigenvalue weighted by Crippen LogP contribution is 2.34. The molecule has 5 aromatic rings. The van der Waals surface area contributed by atoms with Gasteiger partial charge in [0.05, 0.1) is 36.5 Å². The number of hydrogen-bond acceptors (Lipinski definition) is 18. The third-order valence-electron chi connectivity index (χ3n) is 5.63. The van der Waals surface area contributed by atoms with E-state index in [-0.39, 0.29) is 55.8 Å². The average Bonchev–Trinajstić information content (AvgIpc) is 3.77. The Morgan fingerprint density at radius 2 is 1.38 bits per heavy atom. The standard InChI is InChI=1S/C22H20N14O4S2/c1-9-16(29-31-20-11(5-27-41-20)13(38)7-37)18(23)35(33-9)14-4-15(26-8-25-14)36-19(24)17(10(2)34-36)30-32-21-12(6-28-42-21)22(39)40-3/h4-6,8,37H,7,23-24H2,1-3H3. The molecular formula is C22H20N14O4S2. The molecule has 0 spiro atoms. The lowest BCUT2D eigenvalue weighted by Gasteiger charge is -2.06. The monoisotopic (exact) mass is 608 g/mol. The van der Waals surface area contributed by atoms with Gasteiger partial charge in [-0.15, -0.1) is 20.5 Å². The smallest absolute Gasteiger partial charge is 0.342 e. The van der Waals surface area contributed by atoms with Gasteiger partial charge < -0.3 is 21.3 Å². The van der Waals surface area contributed by atoms with Crippen molar-refractivity contribution in [3.05, 3.63) is 47.3 Å². The summed E-state index contributed by atoms with van der Waals surface area (Å²) in [6.07, 6.45) is 3.94. The molecule has 5 rings (SSSR count). The minimum atomic E-state index is -0.677. The number of anilines is 2. The number of nitrogens with zero attached hydrogens (tertiary/aromatic N) is 12. The summed E-state index contributed by atoms with van der Waals surface area (Å²) < 4.78 is 15.3. The van der Waals surface area contributed by atoms with Gasteiger partial charge in [0.15, 0.2) is 50.4 Å². The third-order valence-corrected chi connectivity index (χ3v) is 7.00. The summed E-state index contributed by atoms with van der Waals surface area (Å²) in [6.45, 7) is 2.69. The van der Waals surface area contributed by atoms with Crippen LogP contribution in [0.25, 0.3) is 11.6 Å². The summed E-state index contributed by atoms with van der Waals surface area (Å²) >= 11 is 1.92. The van der Waals surface area contributed by atoms with Crippen LogP contribution in [-0.4, -0.2) is 68.9 Å². The topological polar surface area (TPSA) is 252 Å². The SMILES string of the molecule is COC(=O)c1cnsc1N=Nc1c(C)nn(-c2cc(-n3nc(C)c(N=Nc4sncc4C(=O)CO)c3N)ncn2)c1N. The number of methoxy groups -OCH3 is 1. The summed E-state index contributed by atoms with van der Waals surface area (Å²) in [7, 11) is 1.26. The van der Waals surface area contributed by atoms with Crippen molar-refractivity contribution in [1.82, 2.24) is 38.3 Å². The first-order valence-corrected chi connectivity index (χ1v) is 13.3. The van der Waals surface area contributed by atoms with Crippen LogP contribution >= 0.6 is 23.1 Å². The molecule has 18 nitrogen and oxygen atoms in total. The maximum Gasteiger partial charge on any atom is 0.342 e. The quantitative estimate of drug-likeness (QED) is 0.124. The van der Waals surface area contributed by atoms with Crippen molar-refractivity contribution in [3.8, 4) is 11.6 Å². The minimum absolute atomic E-state index is 0.116. The Balaban J connectivity index is 1.45. The van der Waals surface area contributed by atoms with E-state index in [1.807, 2.05) is 0 Å². The predicted octanol–water partition coefficient (Wildman–Crippen LogP) is 3.33. The summed E-state index contributed by atoms with van der Waals surface area (Å²) in [6, 6.07) is 1.55. The van der Waals surface area contributed by atoms with Gasteiger partial charge in [0, 0.05) is 6.07 Å². The van der Waals surface area contributed by atoms with E-state index in [4.69, 9.17) is 21.3 Å². The number of nitrogens with two attached hydrogens (primary N) is 2. The van der Waals surface area contributed by atoms with E-state index in [9.17, 15) is 9.59 Å². The molecule has 20 heteroatoms. The number of carbonyl (C=O) groups is 2. The number of aliphatic hydroxyl groups is 1. The van der Waals surface area contributed by atoms with Crippen LogP contribution in [0.2, 0.25) is 0 Å². The van der Waals surface area contributed by atoms with Crippen molar-refractivity contribution in [2.45, 2.75) is 13.8 Å². The number of esters is 1. The number of hydrogen-bond donors (Lipinski definition) is 3. The van der Waals surface area contributed by atoms with Crippen LogP contribution in [0.5, 0.6) is 0 Å². The van der Waals surface area contributed by atoms with E-state index >= 15 is 0 Å². The normalized spacial score (nSPS) is 11.6. The molecule has 0 aliphatic carbocycles. The maximum atomic E-state index is 11.9. The minimum Gasteiger partial charge on any atom is -0.465 e. The molecule has 0 unspecified atom stereocenters. The highest BCUT2D eigenvalue weighted by molar-refractivity contribution is 7.10. The van der Waals surface area contributed by atoms with E-state index in [2.05, 4.69) is 49.4 Å². The van der Waals surface area contributed by atoms with Crippen LogP contribution in [0.1, 0.15) is 32.1 Å². The van der Waals surface area contributed by atoms with Crippen molar-refractivity contribution in [3.63, 3.8) is 0 Å². The fourth-order valence-electron chi connectivity index (χ4n) is 3.57. The number of aryl methyl sites for hydroxylation is 2. The summed E-state index contributed by atoms with van der Waals surface area (Å²) in [4.78, 5) is 32.3. The van der Waals surface area contributed by atoms with Crippen LogP contribution in [0.4, 0.5) is 33.0 Å². The molecule has 0 saturated carbocycles. The lowest BCUT2D eigenvalue weighted by atomic mass is 10.2. The molecule has 5 heterocycles. The molecule has 214 valence electrons. The van der Waals surface area contributed by atoms with Crippen LogP contribution in [0.15, 0.2) is 45.2 Å². The molecular weight excluding hydrogens is 588 g/mol. The first-order chi connectivity index (χ1) is 20.2. The number of carbonyl (C=O) groups excluding carboxylic acids is 2. The Hall–Kier alpha value is -5.34. The molecule has 0 aromatic carbocycles. The van der Waals surface area contributed by atoms with Gasteiger partial charge in [-0.1, -0.05) is 0 Å². The Morgan fingerprint density at radius 3 is 1.88 bits per heavy atom. The number of Topliss-reactive ketones (excluding diaryl/α,β-unsaturated/α-hetero) is 1. The number of azo groups is 2. The number of nitrogen functional groups attached to an aromatic ring is 2. The zero-order valence-electron chi connectivity index (χ0n) is 22.0. The Kier molecular flexibility index (Phi) is 7.82. The van der Waals surface area contributed by atoms with E-state index in [0.717, 1.165) is 23.1 Å². The van der Waals surface area contributed by atoms with Gasteiger partial charge in [-0.05, 0) is 36.9 Å². The van der Waals surface area contributed by atoms with Crippen LogP contribution in [-0.2, 0) is 4.74 Å². The maximum absolute atomic E-state index is 11.9. The predicted molar refractivity (Wildman–Crippen MR) is 150 cm³/mol. The molecule has 5 N–H and O–H groups in total. The molecule has 0 aliphatic rings. The first kappa shape index (κ1) is 28.2. The second kappa shape index (κ2) is 11.6. The summed E-state index contributed by atoms with van der Waals surface area (Å²) in [5.41, 5.74) is 14.4. The van der Waals surface area contributed by atoms with Crippen LogP contribution < -0.4 is 11.5 Å². The van der Waals surface area contributed by atoms with Crippen LogP contribution in [0.3, 0.4) is 0 Å². The largest absolute Gasteiger partial charge is 0.465 e. The van der Waals surface area contributed by atoms with Gasteiger partial charge in [-0.2, -0.15) is 28.3 Å². The lowest BCUT2D eigenvalue weighted by Crippen LogP contribution is -2.09. The van der Waals surface area contributed by atoms with Crippen LogP contribution in [0, 0.1) is 13.8 Å². The van der Waals surface area contributed by atoms with Crippen molar-refractivity contribution < 1.29 is 19.4 Å². The molecule has 0 aliphatic heterocycles. The van der Waals surface area contributed by atoms with Crippen molar-refractivity contribution in [2.24, 2.45) is 20.5 Å². The van der Waals surface area contributed by atoms with E-state index in [1.54, 1.807) is 19.9 Å². The second-order valence-corrected chi connectivity index (χ2v) is 9.82. The van der Waals surface area contributed by atoms with Gasteiger partial charge >= 0.3 is 5.97 Å². The van der Waals surface area contributed by atoms with Gasteiger partial charge in [0.2, 0.25) is 0 Å². The number of rotatable bonds is 9.